The number of methoxy groups -OCH3 is 3. The molecule has 5 N–H and O–H groups in total. The summed E-state index contributed by atoms with van der Waals surface area (Å²) in [6.45, 7) is 17.5. The standard InChI is InChI=1S/C26H25N5O.C20H19N5O.C19H15F2N5O.C19H15F2N5.C18H12ClF2N5/c1-17-9-10-18(2)30(17)21-15-25(28-20-11-13-22(32-4)14-12-20)29-26(16-21)31-19(3)27-23-7-5-6-8-24(23)31;1-13-8-9-16(18(10-13)26-3)23-19-11-21-12-20(24-19)25-14(2)22-15-6-4-5-7-17(15)25;1-11-23-16-7-14(20)15(21)8-17(16)26(11)19-10-22-9-18(25-19)24-12-3-5-13(27-2)6-4-12;1-11-3-5-13(6-4-11)24-18-9-22-10-19(25-18)26-12(2)23-16-7-14(20)15(21)8-17(16)26;1-10-23-15-6-13(20)14(21)7-16(15)26(10)18-9-22-8-17(25-18)24-12-4-2-11(19)3-5-12/h5-16H,1-4H3,(H,28,29);4-12H,1-3H3,(H,23,24);3-10H,1-2H3,(H,24,25);3-10H,1-2H3,(H,24,25);2-9H,1H3,(H,24,25). The fourth-order valence-electron chi connectivity index (χ4n) is 15.4. The second kappa shape index (κ2) is 39.9. The summed E-state index contributed by atoms with van der Waals surface area (Å²) in [7, 11) is 4.92. The molecule has 0 saturated heterocycles. The molecule has 137 heavy (non-hydrogen) atoms. The van der Waals surface area contributed by atoms with Crippen molar-refractivity contribution in [2.24, 2.45) is 0 Å². The molecule has 10 aromatic carbocycles. The van der Waals surface area contributed by atoms with Gasteiger partial charge in [-0.05, 0) is 201 Å². The van der Waals surface area contributed by atoms with Crippen LogP contribution in [0.2, 0.25) is 5.02 Å². The van der Waals surface area contributed by atoms with Gasteiger partial charge in [0.1, 0.15) is 58.0 Å². The molecule has 35 heteroatoms. The number of fused-ring (bicyclic) bond motifs is 5. The second-order valence-corrected chi connectivity index (χ2v) is 31.9. The molecule has 0 aliphatic carbocycles. The number of imidazole rings is 5. The van der Waals surface area contributed by atoms with E-state index >= 15 is 0 Å². The van der Waals surface area contributed by atoms with E-state index in [1.807, 2.05) is 178 Å². The first-order valence-electron chi connectivity index (χ1n) is 42.7. The zero-order chi connectivity index (χ0) is 95.8. The number of anilines is 10. The van der Waals surface area contributed by atoms with Crippen LogP contribution in [0.3, 0.4) is 0 Å². The lowest BCUT2D eigenvalue weighted by Gasteiger charge is -2.16. The van der Waals surface area contributed by atoms with E-state index < -0.39 is 34.9 Å². The molecule has 11 heterocycles. The maximum Gasteiger partial charge on any atom is 0.161 e. The Hall–Kier alpha value is -17.4. The predicted molar refractivity (Wildman–Crippen MR) is 521 cm³/mol. The van der Waals surface area contributed by atoms with E-state index in [1.165, 1.54) is 23.8 Å². The van der Waals surface area contributed by atoms with Gasteiger partial charge in [0, 0.05) is 87.7 Å². The first kappa shape index (κ1) is 91.5. The number of pyridine rings is 1. The molecule has 0 fully saturated rings. The highest BCUT2D eigenvalue weighted by atomic mass is 35.5. The zero-order valence-corrected chi connectivity index (χ0v) is 76.6. The Morgan fingerprint density at radius 2 is 0.584 bits per heavy atom. The molecule has 0 aliphatic rings. The lowest BCUT2D eigenvalue weighted by Crippen LogP contribution is -2.07. The lowest BCUT2D eigenvalue weighted by molar-refractivity contribution is 0.415. The van der Waals surface area contributed by atoms with Crippen LogP contribution in [0.5, 0.6) is 17.2 Å². The topological polar surface area (TPSA) is 298 Å². The van der Waals surface area contributed by atoms with Crippen LogP contribution < -0.4 is 40.8 Å². The number of aromatic nitrogens is 20. The molecule has 0 bridgehead atoms. The van der Waals surface area contributed by atoms with Crippen LogP contribution in [0.1, 0.15) is 51.6 Å². The summed E-state index contributed by atoms with van der Waals surface area (Å²) in [5.74, 6) is 5.94. The zero-order valence-electron chi connectivity index (χ0n) is 75.8. The van der Waals surface area contributed by atoms with Crippen molar-refractivity contribution in [3.63, 3.8) is 0 Å². The molecule has 0 saturated carbocycles. The second-order valence-electron chi connectivity index (χ2n) is 31.4. The van der Waals surface area contributed by atoms with Crippen molar-refractivity contribution >= 4 is 124 Å². The smallest absolute Gasteiger partial charge is 0.161 e. The Kier molecular flexibility index (Phi) is 26.7. The fraction of sp³-hybridized carbons (Fsp3) is 0.118. The van der Waals surface area contributed by atoms with Gasteiger partial charge >= 0.3 is 0 Å². The molecular weight excluding hydrogens is 1770 g/mol. The highest BCUT2D eigenvalue weighted by Crippen LogP contribution is 2.35. The third-order valence-electron chi connectivity index (χ3n) is 21.8. The van der Waals surface area contributed by atoms with E-state index in [0.717, 1.165) is 144 Å². The maximum absolute atomic E-state index is 13.7. The number of hydrogen-bond donors (Lipinski definition) is 5. The first-order valence-corrected chi connectivity index (χ1v) is 43.1. The molecule has 11 aromatic heterocycles. The highest BCUT2D eigenvalue weighted by Gasteiger charge is 2.22. The van der Waals surface area contributed by atoms with E-state index in [-0.39, 0.29) is 0 Å². The van der Waals surface area contributed by atoms with Crippen LogP contribution >= 0.6 is 11.6 Å². The van der Waals surface area contributed by atoms with Crippen molar-refractivity contribution < 1.29 is 40.6 Å². The van der Waals surface area contributed by atoms with Crippen molar-refractivity contribution in [2.75, 3.05) is 47.9 Å². The normalized spacial score (nSPS) is 11.0. The molecule has 0 amide bonds. The summed E-state index contributed by atoms with van der Waals surface area (Å²) >= 11 is 5.88. The monoisotopic (exact) mass is 1860 g/mol. The number of halogens is 7. The number of nitrogens with zero attached hydrogens (tertiary/aromatic N) is 20. The van der Waals surface area contributed by atoms with E-state index in [2.05, 4.69) is 135 Å². The number of rotatable bonds is 19. The number of para-hydroxylation sites is 4. The Labute approximate surface area is 785 Å². The quantitative estimate of drug-likeness (QED) is 0.0470. The molecule has 0 spiro atoms. The summed E-state index contributed by atoms with van der Waals surface area (Å²) in [5, 5.41) is 16.8. The number of benzene rings is 10. The van der Waals surface area contributed by atoms with Crippen molar-refractivity contribution in [1.82, 2.24) is 97.2 Å². The molecule has 0 unspecified atom stereocenters. The van der Waals surface area contributed by atoms with Gasteiger partial charge in [0.2, 0.25) is 0 Å². The molecule has 0 atom stereocenters. The highest BCUT2D eigenvalue weighted by molar-refractivity contribution is 6.30. The lowest BCUT2D eigenvalue weighted by atomic mass is 10.2. The van der Waals surface area contributed by atoms with Crippen molar-refractivity contribution in [1.29, 1.82) is 0 Å². The summed E-state index contributed by atoms with van der Waals surface area (Å²) in [6, 6.07) is 67.3. The van der Waals surface area contributed by atoms with Crippen molar-refractivity contribution in [3.05, 3.63) is 366 Å². The minimum Gasteiger partial charge on any atom is -0.497 e. The average molecular weight is 1860 g/mol. The van der Waals surface area contributed by atoms with Gasteiger partial charge in [0.05, 0.1) is 137 Å². The Balaban J connectivity index is 0.000000119. The van der Waals surface area contributed by atoms with Crippen molar-refractivity contribution in [3.8, 4) is 52.0 Å². The van der Waals surface area contributed by atoms with Gasteiger partial charge < -0.3 is 45.4 Å². The molecule has 0 aliphatic heterocycles. The first-order chi connectivity index (χ1) is 66.2. The van der Waals surface area contributed by atoms with Gasteiger partial charge in [0.15, 0.2) is 81.4 Å². The molecule has 686 valence electrons. The third-order valence-corrected chi connectivity index (χ3v) is 22.0. The number of nitrogens with one attached hydrogen (secondary N) is 5. The molecule has 21 aromatic rings. The van der Waals surface area contributed by atoms with Crippen LogP contribution in [0.25, 0.3) is 89.9 Å². The summed E-state index contributed by atoms with van der Waals surface area (Å²) in [6.07, 6.45) is 12.8. The Morgan fingerprint density at radius 1 is 0.263 bits per heavy atom. The Morgan fingerprint density at radius 3 is 0.971 bits per heavy atom. The predicted octanol–water partition coefficient (Wildman–Crippen LogP) is 23.5. The van der Waals surface area contributed by atoms with Gasteiger partial charge in [0.25, 0.3) is 0 Å². The van der Waals surface area contributed by atoms with Crippen LogP contribution in [-0.4, -0.2) is 119 Å². The molecular formula is C102H86ClF6N25O3. The molecule has 21 rings (SSSR count). The van der Waals surface area contributed by atoms with E-state index in [1.54, 1.807) is 105 Å². The van der Waals surface area contributed by atoms with Gasteiger partial charge in [-0.25, -0.2) is 76.2 Å². The number of hydrogen-bond acceptors (Lipinski definition) is 22. The maximum atomic E-state index is 13.7. The summed E-state index contributed by atoms with van der Waals surface area (Å²) < 4.78 is 109. The SMILES string of the molecule is COc1cc(C)ccc1Nc1cncc(-n2c(C)nc3ccccc32)n1.COc1ccc(Nc2cc(-n3c(C)ccc3C)cc(-n3c(C)nc4ccccc43)n2)cc1.COc1ccc(Nc2cncc(-n3c(C)nc4cc(F)c(F)cc43)n2)cc1.Cc1ccc(Nc2cncc(-n3c(C)nc4cc(F)c(F)cc43)n2)cc1.Cc1nc2cc(F)c(F)cc2n1-c1cncc(Nc2ccc(Cl)cc2)n1. The van der Waals surface area contributed by atoms with Gasteiger partial charge in [-0.2, -0.15) is 0 Å². The molecule has 28 nitrogen and oxygen atoms in total. The molecule has 0 radical (unpaired) electrons. The summed E-state index contributed by atoms with van der Waals surface area (Å²) in [4.78, 5) is 62.3. The third kappa shape index (κ3) is 20.5. The minimum atomic E-state index is -0.943. The number of aryl methyl sites for hydroxylation is 9. The van der Waals surface area contributed by atoms with E-state index in [4.69, 9.17) is 40.8 Å². The minimum absolute atomic E-state index is 0.347. The van der Waals surface area contributed by atoms with E-state index in [9.17, 15) is 26.3 Å². The fourth-order valence-corrected chi connectivity index (χ4v) is 15.6. The summed E-state index contributed by atoms with van der Waals surface area (Å²) in [5.41, 5.74) is 16.2. The van der Waals surface area contributed by atoms with Crippen LogP contribution in [0.4, 0.5) is 83.9 Å². The largest absolute Gasteiger partial charge is 0.497 e. The average Bonchev–Trinajstić information content (AvgIpc) is 1.64. The van der Waals surface area contributed by atoms with Gasteiger partial charge in [-0.1, -0.05) is 59.6 Å². The van der Waals surface area contributed by atoms with Crippen LogP contribution in [-0.2, 0) is 0 Å². The van der Waals surface area contributed by atoms with Crippen LogP contribution in [0.15, 0.2) is 274 Å². The van der Waals surface area contributed by atoms with Crippen LogP contribution in [0, 0.1) is 97.2 Å². The van der Waals surface area contributed by atoms with E-state index in [0.29, 0.717) is 102 Å². The number of ether oxygens (including phenoxy) is 3. The van der Waals surface area contributed by atoms with Crippen molar-refractivity contribution in [2.45, 2.75) is 62.3 Å². The van der Waals surface area contributed by atoms with Gasteiger partial charge in [-0.3, -0.25) is 42.8 Å². The Bertz CT molecular complexity index is 7810. The van der Waals surface area contributed by atoms with Gasteiger partial charge in [-0.15, -0.1) is 0 Å².